The van der Waals surface area contributed by atoms with Crippen molar-refractivity contribution in [3.63, 3.8) is 0 Å². The average molecular weight is 688 g/mol. The van der Waals surface area contributed by atoms with E-state index in [1.807, 2.05) is 12.4 Å². The van der Waals surface area contributed by atoms with Crippen molar-refractivity contribution >= 4 is 0 Å². The standard InChI is InChI=1S/C53H37N/c1-5-15-38(16-6-1)46-29-47(39-17-7-2-8-18-39)32-50(31-46)42-23-13-25-44(27-42)52-35-53(37-54-36-52)45-26-14-24-43(28-45)51-33-48(40-19-9-3-10-20-40)30-49(34-51)41-21-11-4-12-22-41/h1-37H. The van der Waals surface area contributed by atoms with Crippen LogP contribution >= 0.6 is 0 Å². The third kappa shape index (κ3) is 7.04. The summed E-state index contributed by atoms with van der Waals surface area (Å²) >= 11 is 0. The first-order chi connectivity index (χ1) is 26.7. The summed E-state index contributed by atoms with van der Waals surface area (Å²) in [5.74, 6) is 0. The van der Waals surface area contributed by atoms with Crippen LogP contribution in [0.4, 0.5) is 0 Å². The minimum absolute atomic E-state index is 1.08. The number of aromatic nitrogens is 1. The first-order valence-corrected chi connectivity index (χ1v) is 18.4. The highest BCUT2D eigenvalue weighted by Crippen LogP contribution is 2.37. The Kier molecular flexibility index (Phi) is 9.03. The highest BCUT2D eigenvalue weighted by molar-refractivity contribution is 5.85. The van der Waals surface area contributed by atoms with Crippen molar-refractivity contribution in [2.45, 2.75) is 0 Å². The van der Waals surface area contributed by atoms with E-state index >= 15 is 0 Å². The average Bonchev–Trinajstić information content (AvgIpc) is 3.27. The zero-order chi connectivity index (χ0) is 36.1. The largest absolute Gasteiger partial charge is 0.263 e. The SMILES string of the molecule is c1ccc(-c2cc(-c3ccccc3)cc(-c3cccc(-c4cncc(-c5cccc(-c6cc(-c7ccccc7)cc(-c7ccccc7)c6)c5)c4)c3)c2)cc1. The number of nitrogens with zero attached hydrogens (tertiary/aromatic N) is 1. The fourth-order valence-corrected chi connectivity index (χ4v) is 7.29. The van der Waals surface area contributed by atoms with Gasteiger partial charge in [0.05, 0.1) is 0 Å². The Hall–Kier alpha value is -7.09. The molecule has 9 rings (SSSR count). The lowest BCUT2D eigenvalue weighted by Gasteiger charge is -2.13. The van der Waals surface area contributed by atoms with Gasteiger partial charge in [0.15, 0.2) is 0 Å². The fraction of sp³-hybridized carbons (Fsp3) is 0. The Bertz CT molecular complexity index is 2380. The summed E-state index contributed by atoms with van der Waals surface area (Å²) in [5.41, 5.74) is 18.7. The van der Waals surface area contributed by atoms with E-state index in [2.05, 4.69) is 212 Å². The van der Waals surface area contributed by atoms with E-state index in [-0.39, 0.29) is 0 Å². The van der Waals surface area contributed by atoms with Gasteiger partial charge in [-0.05, 0) is 132 Å². The number of rotatable bonds is 8. The van der Waals surface area contributed by atoms with Crippen LogP contribution in [0.25, 0.3) is 89.0 Å². The molecule has 0 N–H and O–H groups in total. The molecule has 254 valence electrons. The van der Waals surface area contributed by atoms with Gasteiger partial charge in [0.2, 0.25) is 0 Å². The Morgan fingerprint density at radius 2 is 0.370 bits per heavy atom. The molecule has 8 aromatic carbocycles. The summed E-state index contributed by atoms with van der Waals surface area (Å²) in [6.07, 6.45) is 3.94. The maximum atomic E-state index is 4.76. The van der Waals surface area contributed by atoms with Crippen LogP contribution in [-0.2, 0) is 0 Å². The summed E-state index contributed by atoms with van der Waals surface area (Å²) in [7, 11) is 0. The third-order valence-corrected chi connectivity index (χ3v) is 10.1. The van der Waals surface area contributed by atoms with Gasteiger partial charge in [-0.15, -0.1) is 0 Å². The number of pyridine rings is 1. The van der Waals surface area contributed by atoms with Gasteiger partial charge in [-0.3, -0.25) is 4.98 Å². The van der Waals surface area contributed by atoms with Crippen LogP contribution < -0.4 is 0 Å². The molecule has 54 heavy (non-hydrogen) atoms. The van der Waals surface area contributed by atoms with E-state index in [0.717, 1.165) is 22.3 Å². The second kappa shape index (κ2) is 14.9. The summed E-state index contributed by atoms with van der Waals surface area (Å²) in [6.45, 7) is 0. The van der Waals surface area contributed by atoms with Crippen molar-refractivity contribution in [2.24, 2.45) is 0 Å². The first-order valence-electron chi connectivity index (χ1n) is 18.4. The molecule has 0 fully saturated rings. The van der Waals surface area contributed by atoms with Crippen molar-refractivity contribution in [3.8, 4) is 89.0 Å². The normalized spacial score (nSPS) is 11.0. The highest BCUT2D eigenvalue weighted by atomic mass is 14.6. The molecular weight excluding hydrogens is 651 g/mol. The Labute approximate surface area is 317 Å². The monoisotopic (exact) mass is 687 g/mol. The summed E-state index contributed by atoms with van der Waals surface area (Å²) in [6, 6.07) is 76.2. The van der Waals surface area contributed by atoms with Gasteiger partial charge in [0.25, 0.3) is 0 Å². The van der Waals surface area contributed by atoms with Crippen LogP contribution in [0.1, 0.15) is 0 Å². The van der Waals surface area contributed by atoms with Crippen LogP contribution in [0.2, 0.25) is 0 Å². The van der Waals surface area contributed by atoms with E-state index < -0.39 is 0 Å². The van der Waals surface area contributed by atoms with Crippen molar-refractivity contribution in [3.05, 3.63) is 225 Å². The summed E-state index contributed by atoms with van der Waals surface area (Å²) in [4.78, 5) is 4.76. The van der Waals surface area contributed by atoms with Gasteiger partial charge >= 0.3 is 0 Å². The fourth-order valence-electron chi connectivity index (χ4n) is 7.29. The number of hydrogen-bond acceptors (Lipinski definition) is 1. The van der Waals surface area contributed by atoms with E-state index in [4.69, 9.17) is 4.98 Å². The topological polar surface area (TPSA) is 12.9 Å². The van der Waals surface area contributed by atoms with Gasteiger partial charge in [0, 0.05) is 23.5 Å². The minimum Gasteiger partial charge on any atom is -0.263 e. The molecule has 0 aliphatic carbocycles. The molecule has 9 aromatic rings. The second-order valence-corrected chi connectivity index (χ2v) is 13.7. The molecule has 0 saturated carbocycles. The summed E-state index contributed by atoms with van der Waals surface area (Å²) in [5, 5.41) is 0. The zero-order valence-corrected chi connectivity index (χ0v) is 29.8. The van der Waals surface area contributed by atoms with Crippen LogP contribution in [-0.4, -0.2) is 4.98 Å². The maximum absolute atomic E-state index is 4.76. The second-order valence-electron chi connectivity index (χ2n) is 13.7. The molecule has 0 bridgehead atoms. The lowest BCUT2D eigenvalue weighted by molar-refractivity contribution is 1.33. The van der Waals surface area contributed by atoms with E-state index in [9.17, 15) is 0 Å². The van der Waals surface area contributed by atoms with Gasteiger partial charge in [-0.1, -0.05) is 158 Å². The van der Waals surface area contributed by atoms with Gasteiger partial charge < -0.3 is 0 Å². The van der Waals surface area contributed by atoms with E-state index in [1.165, 1.54) is 66.8 Å². The smallest absolute Gasteiger partial charge is 0.0346 e. The molecule has 0 saturated heterocycles. The third-order valence-electron chi connectivity index (χ3n) is 10.1. The molecular formula is C53H37N. The molecule has 0 amide bonds. The van der Waals surface area contributed by atoms with Gasteiger partial charge in [-0.25, -0.2) is 0 Å². The molecule has 0 aliphatic rings. The predicted octanol–water partition coefficient (Wildman–Crippen LogP) is 14.4. The molecule has 1 heteroatoms. The van der Waals surface area contributed by atoms with Crippen LogP contribution in [0, 0.1) is 0 Å². The van der Waals surface area contributed by atoms with Crippen LogP contribution in [0.3, 0.4) is 0 Å². The van der Waals surface area contributed by atoms with E-state index in [1.54, 1.807) is 0 Å². The van der Waals surface area contributed by atoms with Crippen molar-refractivity contribution in [1.29, 1.82) is 0 Å². The Morgan fingerprint density at radius 3 is 0.667 bits per heavy atom. The quantitative estimate of drug-likeness (QED) is 0.155. The Balaban J connectivity index is 1.08. The molecule has 0 aliphatic heterocycles. The highest BCUT2D eigenvalue weighted by Gasteiger charge is 2.12. The van der Waals surface area contributed by atoms with E-state index in [0.29, 0.717) is 0 Å². The van der Waals surface area contributed by atoms with Crippen LogP contribution in [0.5, 0.6) is 0 Å². The molecule has 0 atom stereocenters. The lowest BCUT2D eigenvalue weighted by atomic mass is 9.91. The zero-order valence-electron chi connectivity index (χ0n) is 29.8. The molecule has 0 spiro atoms. The van der Waals surface area contributed by atoms with Gasteiger partial charge in [-0.2, -0.15) is 0 Å². The van der Waals surface area contributed by atoms with Crippen molar-refractivity contribution in [2.75, 3.05) is 0 Å². The Morgan fingerprint density at radius 1 is 0.167 bits per heavy atom. The minimum atomic E-state index is 1.08. The predicted molar refractivity (Wildman–Crippen MR) is 228 cm³/mol. The number of benzene rings is 8. The van der Waals surface area contributed by atoms with Crippen LogP contribution in [0.15, 0.2) is 225 Å². The lowest BCUT2D eigenvalue weighted by Crippen LogP contribution is -1.89. The number of hydrogen-bond donors (Lipinski definition) is 0. The molecule has 0 unspecified atom stereocenters. The molecule has 0 radical (unpaired) electrons. The van der Waals surface area contributed by atoms with Gasteiger partial charge in [0.1, 0.15) is 0 Å². The van der Waals surface area contributed by atoms with Crippen molar-refractivity contribution in [1.82, 2.24) is 4.98 Å². The summed E-state index contributed by atoms with van der Waals surface area (Å²) < 4.78 is 0. The molecule has 1 nitrogen and oxygen atoms in total. The first kappa shape index (κ1) is 32.8. The van der Waals surface area contributed by atoms with Crippen molar-refractivity contribution < 1.29 is 0 Å². The maximum Gasteiger partial charge on any atom is 0.0346 e. The molecule has 1 heterocycles. The molecule has 1 aromatic heterocycles.